The molecule has 0 aromatic heterocycles. The number of benzene rings is 1. The molecule has 1 aromatic rings. The molecule has 4 rings (SSSR count). The van der Waals surface area contributed by atoms with Crippen molar-refractivity contribution in [1.82, 2.24) is 0 Å². The van der Waals surface area contributed by atoms with Gasteiger partial charge in [0, 0.05) is 5.69 Å². The maximum absolute atomic E-state index is 13.2. The molecular formula is C19H21NO4. The van der Waals surface area contributed by atoms with Crippen LogP contribution in [0.1, 0.15) is 19.4 Å². The van der Waals surface area contributed by atoms with Crippen LogP contribution in [0.3, 0.4) is 0 Å². The summed E-state index contributed by atoms with van der Waals surface area (Å²) < 4.78 is 11.3. The predicted octanol–water partition coefficient (Wildman–Crippen LogP) is 2.10. The molecule has 2 bridgehead atoms. The summed E-state index contributed by atoms with van der Waals surface area (Å²) in [6.07, 6.45) is 4.37. The monoisotopic (exact) mass is 327 g/mol. The maximum atomic E-state index is 13.2. The second kappa shape index (κ2) is 5.45. The molecular weight excluding hydrogens is 306 g/mol. The predicted molar refractivity (Wildman–Crippen MR) is 88.5 cm³/mol. The quantitative estimate of drug-likeness (QED) is 0.628. The van der Waals surface area contributed by atoms with Gasteiger partial charge in [-0.1, -0.05) is 37.3 Å². The highest BCUT2D eigenvalue weighted by molar-refractivity contribution is 6.03. The fraction of sp³-hybridized carbons (Fsp3) is 0.474. The number of amides is 1. The Hall–Kier alpha value is -2.14. The summed E-state index contributed by atoms with van der Waals surface area (Å²) in [4.78, 5) is 27.3. The summed E-state index contributed by atoms with van der Waals surface area (Å²) in [5.41, 5.74) is 1.34. The van der Waals surface area contributed by atoms with Crippen LogP contribution in [0.15, 0.2) is 36.4 Å². The summed E-state index contributed by atoms with van der Waals surface area (Å²) in [5, 5.41) is 0. The largest absolute Gasteiger partial charge is 0.466 e. The van der Waals surface area contributed by atoms with Crippen LogP contribution < -0.4 is 4.90 Å². The number of esters is 1. The van der Waals surface area contributed by atoms with E-state index in [1.807, 2.05) is 36.4 Å². The number of hydrogen-bond acceptors (Lipinski definition) is 4. The van der Waals surface area contributed by atoms with E-state index < -0.39 is 17.4 Å². The van der Waals surface area contributed by atoms with Gasteiger partial charge in [0.25, 0.3) is 0 Å². The van der Waals surface area contributed by atoms with Crippen molar-refractivity contribution in [3.05, 3.63) is 42.0 Å². The van der Waals surface area contributed by atoms with Gasteiger partial charge in [0.1, 0.15) is 11.5 Å². The van der Waals surface area contributed by atoms with Crippen LogP contribution in [-0.2, 0) is 25.5 Å². The fourth-order valence-corrected chi connectivity index (χ4v) is 4.28. The normalized spacial score (nSPS) is 33.2. The molecule has 126 valence electrons. The lowest BCUT2D eigenvalue weighted by Crippen LogP contribution is -2.40. The first-order valence-corrected chi connectivity index (χ1v) is 8.54. The van der Waals surface area contributed by atoms with E-state index in [1.165, 1.54) is 0 Å². The number of nitrogens with zero attached hydrogens (tertiary/aromatic N) is 1. The Bertz CT molecular complexity index is 728. The molecule has 1 spiro atoms. The molecule has 0 aliphatic carbocycles. The molecule has 4 atom stereocenters. The zero-order valence-corrected chi connectivity index (χ0v) is 13.9. The van der Waals surface area contributed by atoms with E-state index >= 15 is 0 Å². The van der Waals surface area contributed by atoms with Crippen LogP contribution in [0.4, 0.5) is 5.69 Å². The summed E-state index contributed by atoms with van der Waals surface area (Å²) in [5.74, 6) is -1.41. The molecule has 2 saturated heterocycles. The Labute approximate surface area is 141 Å². The third-order valence-electron chi connectivity index (χ3n) is 5.32. The summed E-state index contributed by atoms with van der Waals surface area (Å²) in [7, 11) is 0. The van der Waals surface area contributed by atoms with Crippen LogP contribution in [0.5, 0.6) is 0 Å². The van der Waals surface area contributed by atoms with Gasteiger partial charge in [0.05, 0.1) is 25.2 Å². The minimum absolute atomic E-state index is 0.0409. The number of para-hydroxylation sites is 1. The van der Waals surface area contributed by atoms with Gasteiger partial charge in [-0.2, -0.15) is 0 Å². The van der Waals surface area contributed by atoms with Crippen LogP contribution in [0.2, 0.25) is 0 Å². The topological polar surface area (TPSA) is 55.8 Å². The van der Waals surface area contributed by atoms with Gasteiger partial charge in [-0.05, 0) is 25.0 Å². The van der Waals surface area contributed by atoms with E-state index in [1.54, 1.807) is 11.8 Å². The molecule has 0 saturated carbocycles. The van der Waals surface area contributed by atoms with Crippen LogP contribution in [0.25, 0.3) is 0 Å². The average Bonchev–Trinajstić information content (AvgIpc) is 3.23. The molecule has 0 radical (unpaired) electrons. The number of carbonyl (C=O) groups is 2. The number of carbonyl (C=O) groups excluding carboxylic acids is 2. The first-order valence-electron chi connectivity index (χ1n) is 8.54. The number of aryl methyl sites for hydroxylation is 1. The van der Waals surface area contributed by atoms with E-state index in [-0.39, 0.29) is 18.0 Å². The van der Waals surface area contributed by atoms with Gasteiger partial charge in [-0.25, -0.2) is 0 Å². The van der Waals surface area contributed by atoms with E-state index in [2.05, 4.69) is 6.92 Å². The minimum Gasteiger partial charge on any atom is -0.466 e. The van der Waals surface area contributed by atoms with Gasteiger partial charge in [0.15, 0.2) is 0 Å². The van der Waals surface area contributed by atoms with Crippen molar-refractivity contribution in [2.75, 3.05) is 18.1 Å². The van der Waals surface area contributed by atoms with E-state index in [0.717, 1.165) is 17.7 Å². The minimum atomic E-state index is -0.694. The third-order valence-corrected chi connectivity index (χ3v) is 5.32. The van der Waals surface area contributed by atoms with Gasteiger partial charge >= 0.3 is 5.97 Å². The number of hydrogen-bond donors (Lipinski definition) is 0. The lowest BCUT2D eigenvalue weighted by molar-refractivity contribution is -0.151. The number of anilines is 1. The number of rotatable bonds is 4. The summed E-state index contributed by atoms with van der Waals surface area (Å²) >= 11 is 0. The highest BCUT2D eigenvalue weighted by Gasteiger charge is 2.67. The van der Waals surface area contributed by atoms with Gasteiger partial charge in [-0.15, -0.1) is 0 Å². The summed E-state index contributed by atoms with van der Waals surface area (Å²) in [6.45, 7) is 4.61. The Balaban J connectivity index is 1.71. The van der Waals surface area contributed by atoms with Gasteiger partial charge < -0.3 is 14.4 Å². The average molecular weight is 327 g/mol. The molecule has 5 nitrogen and oxygen atoms in total. The maximum Gasteiger partial charge on any atom is 0.312 e. The highest BCUT2D eigenvalue weighted by Crippen LogP contribution is 2.53. The first kappa shape index (κ1) is 15.4. The molecule has 2 fully saturated rings. The number of ether oxygens (including phenoxy) is 2. The molecule has 3 aliphatic rings. The van der Waals surface area contributed by atoms with Crippen LogP contribution >= 0.6 is 0 Å². The Morgan fingerprint density at radius 1 is 1.38 bits per heavy atom. The first-order chi connectivity index (χ1) is 11.6. The molecule has 1 aromatic carbocycles. The smallest absolute Gasteiger partial charge is 0.312 e. The van der Waals surface area contributed by atoms with Crippen molar-refractivity contribution in [3.63, 3.8) is 0 Å². The molecule has 0 N–H and O–H groups in total. The fourth-order valence-electron chi connectivity index (χ4n) is 4.28. The van der Waals surface area contributed by atoms with Crippen molar-refractivity contribution >= 4 is 17.6 Å². The molecule has 3 aliphatic heterocycles. The van der Waals surface area contributed by atoms with E-state index in [0.29, 0.717) is 13.2 Å². The lowest BCUT2D eigenvalue weighted by atomic mass is 9.77. The third kappa shape index (κ3) is 1.97. The van der Waals surface area contributed by atoms with Crippen molar-refractivity contribution in [2.45, 2.75) is 32.0 Å². The molecule has 1 amide bonds. The van der Waals surface area contributed by atoms with E-state index in [9.17, 15) is 9.59 Å². The zero-order chi connectivity index (χ0) is 16.9. The van der Waals surface area contributed by atoms with Gasteiger partial charge in [-0.3, -0.25) is 9.59 Å². The van der Waals surface area contributed by atoms with Crippen LogP contribution in [-0.4, -0.2) is 36.7 Å². The summed E-state index contributed by atoms with van der Waals surface area (Å²) in [6, 6.07) is 7.91. The highest BCUT2D eigenvalue weighted by atomic mass is 16.6. The van der Waals surface area contributed by atoms with E-state index in [4.69, 9.17) is 9.47 Å². The Morgan fingerprint density at radius 2 is 2.17 bits per heavy atom. The molecule has 0 unspecified atom stereocenters. The van der Waals surface area contributed by atoms with Crippen molar-refractivity contribution in [2.24, 2.45) is 11.8 Å². The van der Waals surface area contributed by atoms with Crippen molar-refractivity contribution in [3.8, 4) is 0 Å². The molecule has 3 heterocycles. The standard InChI is InChI=1S/C19H21NO4/c1-3-12-7-5-6-8-13(12)20-11-19-10-9-14(24-19)15(16(19)17(20)21)18(22)23-4-2/h5-10,14-16H,3-4,11H2,1-2H3/t14-,15+,16+,19-/m0/s1. The lowest BCUT2D eigenvalue weighted by Gasteiger charge is -2.23. The van der Waals surface area contributed by atoms with Crippen molar-refractivity contribution in [1.29, 1.82) is 0 Å². The number of fused-ring (bicyclic) bond motifs is 1. The second-order valence-corrected chi connectivity index (χ2v) is 6.56. The second-order valence-electron chi connectivity index (χ2n) is 6.56. The SMILES string of the molecule is CCOC(=O)[C@@H]1[C@@H]2C=C[C@@]3(CN(c4ccccc4CC)C(=O)[C@@H]13)O2. The Morgan fingerprint density at radius 3 is 2.92 bits per heavy atom. The Kier molecular flexibility index (Phi) is 3.49. The van der Waals surface area contributed by atoms with Gasteiger partial charge in [0.2, 0.25) is 5.91 Å². The molecule has 24 heavy (non-hydrogen) atoms. The zero-order valence-electron chi connectivity index (χ0n) is 13.9. The van der Waals surface area contributed by atoms with Crippen molar-refractivity contribution < 1.29 is 19.1 Å². The van der Waals surface area contributed by atoms with Crippen LogP contribution in [0, 0.1) is 11.8 Å². The molecule has 5 heteroatoms.